The number of fused-ring (bicyclic) bond motifs is 2. The summed E-state index contributed by atoms with van der Waals surface area (Å²) >= 11 is 0. The minimum Gasteiger partial charge on any atom is -0.486 e. The summed E-state index contributed by atoms with van der Waals surface area (Å²) in [7, 11) is 0. The van der Waals surface area contributed by atoms with Gasteiger partial charge < -0.3 is 25.1 Å². The fraction of sp³-hybridized carbons (Fsp3) is 0.417. The number of carbonyl (C=O) groups is 1. The second-order valence-corrected chi connectivity index (χ2v) is 9.12. The van der Waals surface area contributed by atoms with Crippen LogP contribution in [-0.4, -0.2) is 40.6 Å². The zero-order valence-corrected chi connectivity index (χ0v) is 19.2. The van der Waals surface area contributed by atoms with E-state index in [1.807, 2.05) is 18.2 Å². The predicted octanol–water partition coefficient (Wildman–Crippen LogP) is 3.82. The van der Waals surface area contributed by atoms with E-state index < -0.39 is 5.41 Å². The average molecular weight is 449 g/mol. The number of aromatic nitrogens is 3. The number of amides is 1. The Kier molecular flexibility index (Phi) is 6.09. The van der Waals surface area contributed by atoms with Crippen LogP contribution in [0.4, 0.5) is 5.82 Å². The first kappa shape index (κ1) is 22.4. The fourth-order valence-corrected chi connectivity index (χ4v) is 3.65. The van der Waals surface area contributed by atoms with E-state index in [9.17, 15) is 4.79 Å². The zero-order valence-electron chi connectivity index (χ0n) is 19.2. The Labute approximate surface area is 192 Å². The zero-order chi connectivity index (χ0) is 23.6. The number of H-pyrrole nitrogens is 1. The third-order valence-corrected chi connectivity index (χ3v) is 5.55. The number of ether oxygens (including phenoxy) is 2. The molecular formula is C24H28N6O3. The van der Waals surface area contributed by atoms with Crippen molar-refractivity contribution >= 4 is 22.8 Å². The largest absolute Gasteiger partial charge is 0.486 e. The standard InChI is InChI=1S/C24H28N6O3/c1-14(2)20(15-5-6-18-19(9-15)33-8-7-32-18)30-22-16-10-17(29-21(16)27-13-28-22)23(31)26-12-24(3,4)11-25/h5-6,9-10,13-14,20H,7-8,12H2,1-4H3,(H,26,31)(H2,27,28,29,30)/t20-/m1/s1. The number of nitrogens with one attached hydrogen (secondary N) is 3. The molecule has 0 bridgehead atoms. The van der Waals surface area contributed by atoms with Crippen molar-refractivity contribution in [2.45, 2.75) is 33.7 Å². The Morgan fingerprint density at radius 1 is 1.21 bits per heavy atom. The molecule has 1 amide bonds. The van der Waals surface area contributed by atoms with Crippen molar-refractivity contribution in [3.8, 4) is 17.6 Å². The highest BCUT2D eigenvalue weighted by Crippen LogP contribution is 2.36. The molecule has 1 aromatic carbocycles. The minimum atomic E-state index is -0.650. The number of carbonyl (C=O) groups excluding carboxylic acids is 1. The molecule has 33 heavy (non-hydrogen) atoms. The molecular weight excluding hydrogens is 420 g/mol. The Morgan fingerprint density at radius 3 is 2.70 bits per heavy atom. The molecule has 0 fully saturated rings. The van der Waals surface area contributed by atoms with E-state index in [2.05, 4.69) is 45.5 Å². The maximum absolute atomic E-state index is 12.6. The average Bonchev–Trinajstić information content (AvgIpc) is 3.26. The summed E-state index contributed by atoms with van der Waals surface area (Å²) in [5, 5.41) is 16.2. The molecule has 0 unspecified atom stereocenters. The molecule has 1 aliphatic rings. The van der Waals surface area contributed by atoms with Gasteiger partial charge in [0.25, 0.3) is 5.91 Å². The summed E-state index contributed by atoms with van der Waals surface area (Å²) in [4.78, 5) is 24.4. The number of hydrogen-bond acceptors (Lipinski definition) is 7. The fourth-order valence-electron chi connectivity index (χ4n) is 3.65. The normalized spacial score (nSPS) is 14.1. The Balaban J connectivity index is 1.59. The molecule has 3 heterocycles. The topological polar surface area (TPSA) is 125 Å². The Hall–Kier alpha value is -3.80. The van der Waals surface area contributed by atoms with Gasteiger partial charge in [-0.25, -0.2) is 9.97 Å². The predicted molar refractivity (Wildman–Crippen MR) is 124 cm³/mol. The van der Waals surface area contributed by atoms with Gasteiger partial charge in [-0.15, -0.1) is 0 Å². The third kappa shape index (κ3) is 4.85. The van der Waals surface area contributed by atoms with Gasteiger partial charge in [0.1, 0.15) is 36.7 Å². The van der Waals surface area contributed by atoms with Crippen LogP contribution in [-0.2, 0) is 0 Å². The van der Waals surface area contributed by atoms with E-state index in [0.717, 1.165) is 17.1 Å². The molecule has 3 N–H and O–H groups in total. The number of aromatic amines is 1. The highest BCUT2D eigenvalue weighted by Gasteiger charge is 2.23. The summed E-state index contributed by atoms with van der Waals surface area (Å²) in [5.74, 6) is 2.06. The van der Waals surface area contributed by atoms with E-state index in [1.54, 1.807) is 19.9 Å². The lowest BCUT2D eigenvalue weighted by molar-refractivity contribution is 0.0939. The minimum absolute atomic E-state index is 0.0532. The number of rotatable bonds is 7. The molecule has 0 aliphatic carbocycles. The Morgan fingerprint density at radius 2 is 1.97 bits per heavy atom. The molecule has 0 spiro atoms. The first-order valence-corrected chi connectivity index (χ1v) is 11.0. The van der Waals surface area contributed by atoms with Crippen LogP contribution in [0, 0.1) is 22.7 Å². The molecule has 9 heteroatoms. The summed E-state index contributed by atoms with van der Waals surface area (Å²) in [6, 6.07) is 9.80. The second kappa shape index (κ2) is 8.98. The van der Waals surface area contributed by atoms with E-state index in [4.69, 9.17) is 14.7 Å². The molecule has 172 valence electrons. The molecule has 9 nitrogen and oxygen atoms in total. The molecule has 4 rings (SSSR count). The number of anilines is 1. The molecule has 2 aromatic heterocycles. The van der Waals surface area contributed by atoms with E-state index in [0.29, 0.717) is 35.8 Å². The van der Waals surface area contributed by atoms with Gasteiger partial charge in [-0.1, -0.05) is 19.9 Å². The summed E-state index contributed by atoms with van der Waals surface area (Å²) < 4.78 is 11.4. The van der Waals surface area contributed by atoms with Crippen molar-refractivity contribution in [1.29, 1.82) is 5.26 Å². The first-order chi connectivity index (χ1) is 15.8. The first-order valence-electron chi connectivity index (χ1n) is 11.0. The lowest BCUT2D eigenvalue weighted by Crippen LogP contribution is -2.33. The van der Waals surface area contributed by atoms with Gasteiger partial charge in [0, 0.05) is 6.54 Å². The highest BCUT2D eigenvalue weighted by molar-refractivity contribution is 5.99. The summed E-state index contributed by atoms with van der Waals surface area (Å²) in [5.41, 5.74) is 1.32. The van der Waals surface area contributed by atoms with Crippen molar-refractivity contribution in [2.24, 2.45) is 11.3 Å². The number of benzene rings is 1. The third-order valence-electron chi connectivity index (χ3n) is 5.55. The quantitative estimate of drug-likeness (QED) is 0.502. The van der Waals surface area contributed by atoms with Crippen LogP contribution in [0.5, 0.6) is 11.5 Å². The van der Waals surface area contributed by atoms with Crippen LogP contribution in [0.25, 0.3) is 11.0 Å². The molecule has 1 aliphatic heterocycles. The molecule has 0 radical (unpaired) electrons. The van der Waals surface area contributed by atoms with E-state index >= 15 is 0 Å². The summed E-state index contributed by atoms with van der Waals surface area (Å²) in [6.07, 6.45) is 1.46. The number of nitriles is 1. The van der Waals surface area contributed by atoms with Gasteiger partial charge in [-0.05, 0) is 43.5 Å². The van der Waals surface area contributed by atoms with Gasteiger partial charge in [0.05, 0.1) is 22.9 Å². The molecule has 3 aromatic rings. The van der Waals surface area contributed by atoms with Crippen molar-refractivity contribution in [3.63, 3.8) is 0 Å². The maximum atomic E-state index is 12.6. The lowest BCUT2D eigenvalue weighted by Gasteiger charge is -2.26. The van der Waals surface area contributed by atoms with Crippen molar-refractivity contribution in [1.82, 2.24) is 20.3 Å². The van der Waals surface area contributed by atoms with Crippen LogP contribution in [0.3, 0.4) is 0 Å². The molecule has 1 atom stereocenters. The van der Waals surface area contributed by atoms with E-state index in [-0.39, 0.29) is 24.4 Å². The lowest BCUT2D eigenvalue weighted by atomic mass is 9.95. The number of hydrogen-bond donors (Lipinski definition) is 3. The SMILES string of the molecule is CC(C)[C@@H](Nc1ncnc2[nH]c(C(=O)NCC(C)(C)C#N)cc12)c1ccc2c(c1)OCCO2. The van der Waals surface area contributed by atoms with Gasteiger partial charge in [0.15, 0.2) is 11.5 Å². The van der Waals surface area contributed by atoms with Crippen LogP contribution in [0.2, 0.25) is 0 Å². The van der Waals surface area contributed by atoms with Gasteiger partial charge in [0.2, 0.25) is 0 Å². The van der Waals surface area contributed by atoms with Crippen LogP contribution < -0.4 is 20.1 Å². The van der Waals surface area contributed by atoms with E-state index in [1.165, 1.54) is 6.33 Å². The second-order valence-electron chi connectivity index (χ2n) is 9.12. The molecule has 0 saturated heterocycles. The molecule has 0 saturated carbocycles. The monoisotopic (exact) mass is 448 g/mol. The smallest absolute Gasteiger partial charge is 0.267 e. The number of nitrogens with zero attached hydrogens (tertiary/aromatic N) is 3. The van der Waals surface area contributed by atoms with Gasteiger partial charge >= 0.3 is 0 Å². The van der Waals surface area contributed by atoms with Crippen molar-refractivity contribution in [3.05, 3.63) is 41.9 Å². The van der Waals surface area contributed by atoms with Crippen LogP contribution in [0.1, 0.15) is 49.8 Å². The van der Waals surface area contributed by atoms with Gasteiger partial charge in [-0.2, -0.15) is 5.26 Å². The van der Waals surface area contributed by atoms with Gasteiger partial charge in [-0.3, -0.25) is 4.79 Å². The van der Waals surface area contributed by atoms with Crippen LogP contribution in [0.15, 0.2) is 30.6 Å². The summed E-state index contributed by atoms with van der Waals surface area (Å²) in [6.45, 7) is 9.12. The van der Waals surface area contributed by atoms with Crippen molar-refractivity contribution in [2.75, 3.05) is 25.1 Å². The maximum Gasteiger partial charge on any atom is 0.267 e. The van der Waals surface area contributed by atoms with Crippen molar-refractivity contribution < 1.29 is 14.3 Å². The van der Waals surface area contributed by atoms with Crippen LogP contribution >= 0.6 is 0 Å². The Bertz CT molecular complexity index is 1210. The highest BCUT2D eigenvalue weighted by atomic mass is 16.6.